The molecule has 18 heavy (non-hydrogen) atoms. The molecule has 0 amide bonds. The number of hydrogen-bond acceptors (Lipinski definition) is 5. The largest absolute Gasteiger partial charge is 0.352 e. The lowest BCUT2D eigenvalue weighted by atomic mass is 10.2. The van der Waals surface area contributed by atoms with Gasteiger partial charge in [0.2, 0.25) is 0 Å². The standard InChI is InChI=1S/C11H17Cl2N5/c1-7-6-18(4-3-17(7)2)11-9(13)5-8(12)10(15-11)16-14/h5,7H,3-4,6,14H2,1-2H3,(H,15,16). The van der Waals surface area contributed by atoms with Gasteiger partial charge in [-0.05, 0) is 20.0 Å². The number of nitrogens with zero attached hydrogens (tertiary/aromatic N) is 3. The number of hydrazine groups is 1. The SMILES string of the molecule is CC1CN(c2nc(NN)c(Cl)cc2Cl)CCN1C. The van der Waals surface area contributed by atoms with E-state index in [1.54, 1.807) is 6.07 Å². The third-order valence-electron chi connectivity index (χ3n) is 3.31. The lowest BCUT2D eigenvalue weighted by Crippen LogP contribution is -2.50. The maximum absolute atomic E-state index is 6.21. The highest BCUT2D eigenvalue weighted by atomic mass is 35.5. The minimum atomic E-state index is 0.424. The van der Waals surface area contributed by atoms with E-state index in [1.165, 1.54) is 0 Å². The number of hydrogen-bond donors (Lipinski definition) is 2. The molecule has 0 aliphatic carbocycles. The maximum atomic E-state index is 6.21. The van der Waals surface area contributed by atoms with Crippen LogP contribution in [0.15, 0.2) is 6.07 Å². The molecule has 1 aliphatic heterocycles. The van der Waals surface area contributed by atoms with Crippen LogP contribution in [-0.4, -0.2) is 42.6 Å². The summed E-state index contributed by atoms with van der Waals surface area (Å²) in [6.45, 7) is 4.93. The Balaban J connectivity index is 2.28. The molecule has 3 N–H and O–H groups in total. The fourth-order valence-electron chi connectivity index (χ4n) is 2.02. The van der Waals surface area contributed by atoms with Crippen LogP contribution in [-0.2, 0) is 0 Å². The van der Waals surface area contributed by atoms with E-state index < -0.39 is 0 Å². The van der Waals surface area contributed by atoms with E-state index in [0.29, 0.717) is 21.9 Å². The van der Waals surface area contributed by atoms with Gasteiger partial charge in [0.25, 0.3) is 0 Å². The van der Waals surface area contributed by atoms with E-state index >= 15 is 0 Å². The number of piperazine rings is 1. The van der Waals surface area contributed by atoms with E-state index in [0.717, 1.165) is 25.5 Å². The summed E-state index contributed by atoms with van der Waals surface area (Å²) in [5.41, 5.74) is 2.48. The van der Waals surface area contributed by atoms with Gasteiger partial charge in [0.05, 0.1) is 10.0 Å². The number of anilines is 2. The summed E-state index contributed by atoms with van der Waals surface area (Å²) in [5, 5.41) is 0.976. The van der Waals surface area contributed by atoms with Gasteiger partial charge in [-0.15, -0.1) is 0 Å². The Labute approximate surface area is 117 Å². The van der Waals surface area contributed by atoms with Crippen molar-refractivity contribution in [1.82, 2.24) is 9.88 Å². The number of nitrogens with one attached hydrogen (secondary N) is 1. The molecule has 5 nitrogen and oxygen atoms in total. The van der Waals surface area contributed by atoms with Crippen LogP contribution < -0.4 is 16.2 Å². The van der Waals surface area contributed by atoms with Crippen LogP contribution in [0.3, 0.4) is 0 Å². The van der Waals surface area contributed by atoms with Crippen molar-refractivity contribution in [2.75, 3.05) is 37.0 Å². The number of likely N-dealkylation sites (N-methyl/N-ethyl adjacent to an activating group) is 1. The summed E-state index contributed by atoms with van der Waals surface area (Å²) in [7, 11) is 2.12. The Hall–Kier alpha value is -0.750. The van der Waals surface area contributed by atoms with Crippen molar-refractivity contribution in [2.45, 2.75) is 13.0 Å². The van der Waals surface area contributed by atoms with E-state index in [2.05, 4.69) is 34.2 Å². The van der Waals surface area contributed by atoms with Crippen molar-refractivity contribution in [3.63, 3.8) is 0 Å². The van der Waals surface area contributed by atoms with Crippen molar-refractivity contribution in [1.29, 1.82) is 0 Å². The summed E-state index contributed by atoms with van der Waals surface area (Å²) in [6.07, 6.45) is 0. The Kier molecular flexibility index (Phi) is 4.17. The molecule has 100 valence electrons. The fourth-order valence-corrected chi connectivity index (χ4v) is 2.55. The van der Waals surface area contributed by atoms with Gasteiger partial charge in [-0.3, -0.25) is 0 Å². The van der Waals surface area contributed by atoms with E-state index in [9.17, 15) is 0 Å². The molecule has 1 aromatic heterocycles. The van der Waals surface area contributed by atoms with Gasteiger partial charge in [0, 0.05) is 25.7 Å². The maximum Gasteiger partial charge on any atom is 0.161 e. The Morgan fingerprint density at radius 3 is 2.72 bits per heavy atom. The number of nitrogens with two attached hydrogens (primary N) is 1. The van der Waals surface area contributed by atoms with Gasteiger partial charge >= 0.3 is 0 Å². The third-order valence-corrected chi connectivity index (χ3v) is 3.87. The topological polar surface area (TPSA) is 57.4 Å². The third kappa shape index (κ3) is 2.64. The molecule has 2 heterocycles. The van der Waals surface area contributed by atoms with Crippen LogP contribution in [0.4, 0.5) is 11.6 Å². The van der Waals surface area contributed by atoms with Gasteiger partial charge in [-0.25, -0.2) is 10.8 Å². The van der Waals surface area contributed by atoms with Crippen molar-refractivity contribution in [2.24, 2.45) is 5.84 Å². The van der Waals surface area contributed by atoms with Gasteiger partial charge in [-0.1, -0.05) is 23.2 Å². The summed E-state index contributed by atoms with van der Waals surface area (Å²) >= 11 is 12.2. The summed E-state index contributed by atoms with van der Waals surface area (Å²) in [5.74, 6) is 6.56. The van der Waals surface area contributed by atoms with E-state index in [1.807, 2.05) is 0 Å². The van der Waals surface area contributed by atoms with Crippen LogP contribution in [0.1, 0.15) is 6.92 Å². The zero-order valence-corrected chi connectivity index (χ0v) is 12.0. The minimum Gasteiger partial charge on any atom is -0.352 e. The Morgan fingerprint density at radius 2 is 2.11 bits per heavy atom. The summed E-state index contributed by atoms with van der Waals surface area (Å²) < 4.78 is 0. The van der Waals surface area contributed by atoms with Crippen LogP contribution in [0, 0.1) is 0 Å². The number of nitrogen functional groups attached to an aromatic ring is 1. The molecule has 0 aromatic carbocycles. The van der Waals surface area contributed by atoms with Gasteiger partial charge in [0.1, 0.15) is 5.82 Å². The first kappa shape index (κ1) is 13.7. The molecule has 2 rings (SSSR count). The van der Waals surface area contributed by atoms with Crippen LogP contribution in [0.2, 0.25) is 10.0 Å². The molecule has 0 saturated carbocycles. The first-order valence-corrected chi connectivity index (χ1v) is 6.56. The predicted octanol–water partition coefficient (Wildman–Crippen LogP) is 1.81. The lowest BCUT2D eigenvalue weighted by Gasteiger charge is -2.38. The molecule has 0 bridgehead atoms. The lowest BCUT2D eigenvalue weighted by molar-refractivity contribution is 0.233. The molecule has 1 unspecified atom stereocenters. The summed E-state index contributed by atoms with van der Waals surface area (Å²) in [4.78, 5) is 8.85. The molecule has 0 spiro atoms. The van der Waals surface area contributed by atoms with Crippen molar-refractivity contribution in [3.05, 3.63) is 16.1 Å². The first-order chi connectivity index (χ1) is 8.52. The molecule has 1 saturated heterocycles. The second-order valence-corrected chi connectivity index (χ2v) is 5.36. The second-order valence-electron chi connectivity index (χ2n) is 4.54. The zero-order valence-electron chi connectivity index (χ0n) is 10.5. The van der Waals surface area contributed by atoms with Crippen LogP contribution >= 0.6 is 23.2 Å². The molecule has 1 aromatic rings. The molecule has 1 atom stereocenters. The zero-order chi connectivity index (χ0) is 13.3. The average Bonchev–Trinajstić information content (AvgIpc) is 2.33. The molecular formula is C11H17Cl2N5. The number of aromatic nitrogens is 1. The van der Waals surface area contributed by atoms with Crippen LogP contribution in [0.25, 0.3) is 0 Å². The minimum absolute atomic E-state index is 0.424. The monoisotopic (exact) mass is 289 g/mol. The highest BCUT2D eigenvalue weighted by Gasteiger charge is 2.24. The molecule has 1 aliphatic rings. The molecule has 7 heteroatoms. The average molecular weight is 290 g/mol. The van der Waals surface area contributed by atoms with Gasteiger partial charge < -0.3 is 15.2 Å². The number of rotatable bonds is 2. The van der Waals surface area contributed by atoms with E-state index in [4.69, 9.17) is 29.0 Å². The second kappa shape index (κ2) is 5.48. The summed E-state index contributed by atoms with van der Waals surface area (Å²) in [6, 6.07) is 2.13. The van der Waals surface area contributed by atoms with Crippen molar-refractivity contribution in [3.8, 4) is 0 Å². The van der Waals surface area contributed by atoms with E-state index in [-0.39, 0.29) is 0 Å². The number of pyridine rings is 1. The molecule has 0 radical (unpaired) electrons. The Bertz CT molecular complexity index is 440. The molecule has 1 fully saturated rings. The number of halogens is 2. The van der Waals surface area contributed by atoms with Gasteiger partial charge in [0.15, 0.2) is 5.82 Å². The Morgan fingerprint density at radius 1 is 1.39 bits per heavy atom. The van der Waals surface area contributed by atoms with Crippen molar-refractivity contribution >= 4 is 34.8 Å². The normalized spacial score (nSPS) is 21.2. The van der Waals surface area contributed by atoms with Crippen molar-refractivity contribution < 1.29 is 0 Å². The van der Waals surface area contributed by atoms with Gasteiger partial charge in [-0.2, -0.15) is 0 Å². The molecular weight excluding hydrogens is 273 g/mol. The highest BCUT2D eigenvalue weighted by molar-refractivity contribution is 6.37. The smallest absolute Gasteiger partial charge is 0.161 e. The fraction of sp³-hybridized carbons (Fsp3) is 0.545. The highest BCUT2D eigenvalue weighted by Crippen LogP contribution is 2.31. The first-order valence-electron chi connectivity index (χ1n) is 5.80. The quantitative estimate of drug-likeness (QED) is 0.642. The van der Waals surface area contributed by atoms with Crippen LogP contribution in [0.5, 0.6) is 0 Å². The predicted molar refractivity (Wildman–Crippen MR) is 76.4 cm³/mol.